The molecule has 0 spiro atoms. The fourth-order valence-corrected chi connectivity index (χ4v) is 2.88. The predicted molar refractivity (Wildman–Crippen MR) is 82.5 cm³/mol. The molecular formula is C15H26N4O2. The summed E-state index contributed by atoms with van der Waals surface area (Å²) in [6.07, 6.45) is 2.01. The second kappa shape index (κ2) is 6.93. The van der Waals surface area contributed by atoms with Crippen LogP contribution < -0.4 is 10.6 Å². The number of rotatable bonds is 4. The molecule has 6 heteroatoms. The van der Waals surface area contributed by atoms with Crippen molar-refractivity contribution in [1.82, 2.24) is 15.1 Å². The van der Waals surface area contributed by atoms with Gasteiger partial charge in [-0.25, -0.2) is 4.79 Å². The predicted octanol–water partition coefficient (Wildman–Crippen LogP) is 2.46. The van der Waals surface area contributed by atoms with Crippen LogP contribution in [-0.4, -0.2) is 35.1 Å². The highest BCUT2D eigenvalue weighted by Crippen LogP contribution is 2.21. The minimum absolute atomic E-state index is 0.149. The fraction of sp³-hybridized carbons (Fsp3) is 0.733. The van der Waals surface area contributed by atoms with Crippen LogP contribution in [0.4, 0.5) is 10.5 Å². The van der Waals surface area contributed by atoms with Crippen molar-refractivity contribution in [2.24, 2.45) is 5.92 Å². The van der Waals surface area contributed by atoms with Crippen LogP contribution >= 0.6 is 0 Å². The van der Waals surface area contributed by atoms with Crippen molar-refractivity contribution in [3.8, 4) is 0 Å². The number of anilines is 1. The van der Waals surface area contributed by atoms with Gasteiger partial charge in [-0.15, -0.1) is 0 Å². The molecule has 1 aliphatic rings. The molecule has 0 saturated carbocycles. The summed E-state index contributed by atoms with van der Waals surface area (Å²) < 4.78 is 7.25. The van der Waals surface area contributed by atoms with Crippen molar-refractivity contribution < 1.29 is 9.53 Å². The summed E-state index contributed by atoms with van der Waals surface area (Å²) in [6.45, 7) is 10.4. The Morgan fingerprint density at radius 1 is 1.43 bits per heavy atom. The van der Waals surface area contributed by atoms with Crippen LogP contribution in [0.2, 0.25) is 0 Å². The van der Waals surface area contributed by atoms with Crippen LogP contribution in [0.5, 0.6) is 0 Å². The first-order chi connectivity index (χ1) is 10.0. The summed E-state index contributed by atoms with van der Waals surface area (Å²) in [7, 11) is 0. The zero-order valence-electron chi connectivity index (χ0n) is 13.4. The van der Waals surface area contributed by atoms with E-state index < -0.39 is 0 Å². The molecule has 1 aliphatic heterocycles. The minimum atomic E-state index is -0.157. The molecular weight excluding hydrogens is 268 g/mol. The van der Waals surface area contributed by atoms with Crippen LogP contribution in [-0.2, 0) is 11.3 Å². The van der Waals surface area contributed by atoms with Crippen molar-refractivity contribution in [3.05, 3.63) is 11.4 Å². The van der Waals surface area contributed by atoms with Crippen LogP contribution in [0.1, 0.15) is 38.1 Å². The molecule has 0 unspecified atom stereocenters. The normalized spacial score (nSPS) is 17.5. The van der Waals surface area contributed by atoms with Crippen molar-refractivity contribution in [2.45, 2.75) is 53.1 Å². The fourth-order valence-electron chi connectivity index (χ4n) is 2.88. The molecule has 0 radical (unpaired) electrons. The van der Waals surface area contributed by atoms with Crippen molar-refractivity contribution in [3.63, 3.8) is 0 Å². The molecule has 0 aromatic carbocycles. The van der Waals surface area contributed by atoms with Gasteiger partial charge in [-0.3, -0.25) is 4.68 Å². The summed E-state index contributed by atoms with van der Waals surface area (Å²) in [4.78, 5) is 12.2. The Morgan fingerprint density at radius 2 is 2.10 bits per heavy atom. The number of hydrogen-bond donors (Lipinski definition) is 2. The lowest BCUT2D eigenvalue weighted by Gasteiger charge is -2.28. The van der Waals surface area contributed by atoms with Crippen LogP contribution in [0.15, 0.2) is 0 Å². The number of carbonyl (C=O) groups is 1. The first-order valence-corrected chi connectivity index (χ1v) is 7.72. The smallest absolute Gasteiger partial charge is 0.319 e. The third-order valence-corrected chi connectivity index (χ3v) is 4.25. The third kappa shape index (κ3) is 3.75. The van der Waals surface area contributed by atoms with Crippen LogP contribution in [0, 0.1) is 19.8 Å². The van der Waals surface area contributed by atoms with Crippen LogP contribution in [0.3, 0.4) is 0 Å². The molecule has 1 fully saturated rings. The van der Waals surface area contributed by atoms with Gasteiger partial charge in [0.2, 0.25) is 0 Å². The molecule has 21 heavy (non-hydrogen) atoms. The van der Waals surface area contributed by atoms with Gasteiger partial charge in [-0.1, -0.05) is 0 Å². The van der Waals surface area contributed by atoms with E-state index in [1.165, 1.54) is 0 Å². The Morgan fingerprint density at radius 3 is 2.67 bits per heavy atom. The second-order valence-electron chi connectivity index (χ2n) is 5.70. The number of nitrogens with zero attached hydrogens (tertiary/aromatic N) is 2. The zero-order chi connectivity index (χ0) is 15.4. The van der Waals surface area contributed by atoms with E-state index in [1.54, 1.807) is 0 Å². The molecule has 1 aromatic rings. The summed E-state index contributed by atoms with van der Waals surface area (Å²) >= 11 is 0. The van der Waals surface area contributed by atoms with E-state index in [4.69, 9.17) is 4.74 Å². The lowest BCUT2D eigenvalue weighted by molar-refractivity contribution is 0.0573. The van der Waals surface area contributed by atoms with Gasteiger partial charge in [0.1, 0.15) is 0 Å². The molecule has 6 nitrogen and oxygen atoms in total. The highest BCUT2D eigenvalue weighted by molar-refractivity contribution is 5.90. The zero-order valence-corrected chi connectivity index (χ0v) is 13.4. The number of aryl methyl sites for hydroxylation is 2. The van der Waals surface area contributed by atoms with Gasteiger partial charge in [0.05, 0.1) is 17.1 Å². The number of carbonyl (C=O) groups excluding carboxylic acids is 1. The Labute approximate surface area is 126 Å². The molecule has 1 aromatic heterocycles. The Kier molecular flexibility index (Phi) is 5.22. The second-order valence-corrected chi connectivity index (χ2v) is 5.70. The molecule has 2 rings (SSSR count). The number of amides is 2. The maximum atomic E-state index is 12.2. The van der Waals surface area contributed by atoms with E-state index in [9.17, 15) is 4.79 Å². The standard InChI is InChI=1S/C15H26N4O2/c1-5-19-12(4)14(11(3)18-19)17-15(20)16-10(2)13-6-8-21-9-7-13/h10,13H,5-9H2,1-4H3,(H2,16,17,20)/t10-/m1/s1. The van der Waals surface area contributed by atoms with Gasteiger partial charge in [-0.2, -0.15) is 5.10 Å². The monoisotopic (exact) mass is 294 g/mol. The summed E-state index contributed by atoms with van der Waals surface area (Å²) in [5, 5.41) is 10.4. The van der Waals surface area contributed by atoms with Gasteiger partial charge < -0.3 is 15.4 Å². The van der Waals surface area contributed by atoms with Gasteiger partial charge in [0.25, 0.3) is 0 Å². The van der Waals surface area contributed by atoms with E-state index in [0.29, 0.717) is 5.92 Å². The summed E-state index contributed by atoms with van der Waals surface area (Å²) in [5.74, 6) is 0.491. The molecule has 1 saturated heterocycles. The Bertz CT molecular complexity index is 492. The van der Waals surface area contributed by atoms with E-state index >= 15 is 0 Å². The molecule has 0 aliphatic carbocycles. The lowest BCUT2D eigenvalue weighted by Crippen LogP contribution is -2.42. The average Bonchev–Trinajstić information content (AvgIpc) is 2.75. The van der Waals surface area contributed by atoms with Crippen molar-refractivity contribution in [1.29, 1.82) is 0 Å². The van der Waals surface area contributed by atoms with E-state index in [1.807, 2.05) is 25.5 Å². The van der Waals surface area contributed by atoms with Gasteiger partial charge in [-0.05, 0) is 46.5 Å². The number of hydrogen-bond acceptors (Lipinski definition) is 3. The summed E-state index contributed by atoms with van der Waals surface area (Å²) in [6, 6.07) is -0.00780. The maximum Gasteiger partial charge on any atom is 0.319 e. The topological polar surface area (TPSA) is 68.2 Å². The van der Waals surface area contributed by atoms with E-state index in [0.717, 1.165) is 49.7 Å². The highest BCUT2D eigenvalue weighted by atomic mass is 16.5. The van der Waals surface area contributed by atoms with Gasteiger partial charge in [0, 0.05) is 25.8 Å². The van der Waals surface area contributed by atoms with Crippen molar-refractivity contribution in [2.75, 3.05) is 18.5 Å². The quantitative estimate of drug-likeness (QED) is 0.896. The molecule has 2 heterocycles. The number of nitrogens with one attached hydrogen (secondary N) is 2. The van der Waals surface area contributed by atoms with E-state index in [-0.39, 0.29) is 12.1 Å². The Balaban J connectivity index is 1.93. The summed E-state index contributed by atoms with van der Waals surface area (Å²) in [5.41, 5.74) is 2.65. The van der Waals surface area contributed by atoms with Gasteiger partial charge in [0.15, 0.2) is 0 Å². The SMILES string of the molecule is CCn1nc(C)c(NC(=O)N[C@H](C)C2CCOCC2)c1C. The number of aromatic nitrogens is 2. The third-order valence-electron chi connectivity index (χ3n) is 4.25. The Hall–Kier alpha value is -1.56. The largest absolute Gasteiger partial charge is 0.381 e. The molecule has 0 bridgehead atoms. The molecule has 2 N–H and O–H groups in total. The first kappa shape index (κ1) is 15.8. The average molecular weight is 294 g/mol. The maximum absolute atomic E-state index is 12.2. The highest BCUT2D eigenvalue weighted by Gasteiger charge is 2.22. The molecule has 2 amide bonds. The number of ether oxygens (including phenoxy) is 1. The first-order valence-electron chi connectivity index (χ1n) is 7.72. The number of urea groups is 1. The van der Waals surface area contributed by atoms with Gasteiger partial charge >= 0.3 is 6.03 Å². The lowest BCUT2D eigenvalue weighted by atomic mass is 9.93. The molecule has 1 atom stereocenters. The van der Waals surface area contributed by atoms with Crippen LogP contribution in [0.25, 0.3) is 0 Å². The van der Waals surface area contributed by atoms with Crippen molar-refractivity contribution >= 4 is 11.7 Å². The van der Waals surface area contributed by atoms with E-state index in [2.05, 4.69) is 22.7 Å². The molecule has 118 valence electrons. The minimum Gasteiger partial charge on any atom is -0.381 e.